The fraction of sp³-hybridized carbons (Fsp3) is 0.641. The number of aromatic nitrogens is 3. The summed E-state index contributed by atoms with van der Waals surface area (Å²) in [5.74, 6) is 0.162. The van der Waals surface area contributed by atoms with Gasteiger partial charge in [-0.05, 0) is 42.3 Å². The fourth-order valence-corrected chi connectivity index (χ4v) is 7.68. The van der Waals surface area contributed by atoms with Crippen LogP contribution in [0.4, 0.5) is 5.82 Å². The monoisotopic (exact) mass is 818 g/mol. The average molecular weight is 819 g/mol. The van der Waals surface area contributed by atoms with E-state index in [4.69, 9.17) is 40.6 Å². The second-order valence-corrected chi connectivity index (χ2v) is 16.2. The summed E-state index contributed by atoms with van der Waals surface area (Å²) in [6.45, 7) is 1.37. The number of halogens is 1. The van der Waals surface area contributed by atoms with Crippen LogP contribution in [0.3, 0.4) is 0 Å². The summed E-state index contributed by atoms with van der Waals surface area (Å²) < 4.78 is 42.5. The maximum absolute atomic E-state index is 13.1. The highest BCUT2D eigenvalue weighted by atomic mass is 35.5. The van der Waals surface area contributed by atoms with E-state index in [9.17, 15) is 30.2 Å². The molecule has 15 nitrogen and oxygen atoms in total. The van der Waals surface area contributed by atoms with Crippen molar-refractivity contribution < 1.29 is 42.9 Å². The number of ether oxygens (including phenoxy) is 3. The quantitative estimate of drug-likeness (QED) is 0.0444. The number of rotatable bonds is 27. The second kappa shape index (κ2) is 23.3. The van der Waals surface area contributed by atoms with Crippen LogP contribution in [0.5, 0.6) is 0 Å². The lowest BCUT2D eigenvalue weighted by atomic mass is 9.96. The highest BCUT2D eigenvalue weighted by molar-refractivity contribution is 7.47. The van der Waals surface area contributed by atoms with Crippen LogP contribution in [0.25, 0.3) is 5.52 Å². The number of benzene rings is 1. The Bertz CT molecular complexity index is 1790. The Labute approximate surface area is 334 Å². The van der Waals surface area contributed by atoms with Crippen molar-refractivity contribution in [2.24, 2.45) is 0 Å². The highest BCUT2D eigenvalue weighted by Gasteiger charge is 2.57. The van der Waals surface area contributed by atoms with Gasteiger partial charge < -0.3 is 35.1 Å². The first-order chi connectivity index (χ1) is 27.0. The molecule has 5 N–H and O–H groups in total. The van der Waals surface area contributed by atoms with Gasteiger partial charge >= 0.3 is 7.82 Å². The van der Waals surface area contributed by atoms with Crippen LogP contribution in [-0.2, 0) is 34.4 Å². The fourth-order valence-electron chi connectivity index (χ4n) is 6.64. The molecule has 4 rings (SSSR count). The molecule has 6 atom stereocenters. The van der Waals surface area contributed by atoms with Crippen molar-refractivity contribution in [1.29, 1.82) is 10.5 Å². The molecular formula is C39H56ClN6O9P. The smallest absolute Gasteiger partial charge is 0.387 e. The number of nitrogens with two attached hydrogens (primary N) is 1. The molecule has 0 amide bonds. The molecule has 0 radical (unpaired) electrons. The molecule has 1 fully saturated rings. The maximum Gasteiger partial charge on any atom is 0.472 e. The molecule has 1 aromatic carbocycles. The number of hydrogen-bond acceptors (Lipinski definition) is 13. The van der Waals surface area contributed by atoms with Crippen molar-refractivity contribution in [3.05, 3.63) is 58.5 Å². The average Bonchev–Trinajstić information content (AvgIpc) is 3.73. The van der Waals surface area contributed by atoms with Crippen molar-refractivity contribution in [2.75, 3.05) is 32.2 Å². The van der Waals surface area contributed by atoms with E-state index in [1.54, 1.807) is 30.3 Å². The highest BCUT2D eigenvalue weighted by Crippen LogP contribution is 2.47. The third kappa shape index (κ3) is 13.7. The van der Waals surface area contributed by atoms with Crippen LogP contribution in [0, 0.1) is 22.7 Å². The second-order valence-electron chi connectivity index (χ2n) is 14.3. The van der Waals surface area contributed by atoms with Gasteiger partial charge in [0.15, 0.2) is 5.82 Å². The normalized spacial score (nSPS) is 21.2. The minimum absolute atomic E-state index is 0.00388. The molecule has 2 aromatic heterocycles. The zero-order valence-electron chi connectivity index (χ0n) is 32.1. The molecule has 17 heteroatoms. The van der Waals surface area contributed by atoms with Crippen molar-refractivity contribution in [2.45, 2.75) is 133 Å². The number of fused-ring (bicyclic) bond motifs is 1. The molecule has 0 bridgehead atoms. The van der Waals surface area contributed by atoms with E-state index >= 15 is 0 Å². The largest absolute Gasteiger partial charge is 0.472 e. The van der Waals surface area contributed by atoms with E-state index in [1.165, 1.54) is 87.5 Å². The Kier molecular flexibility index (Phi) is 18.9. The molecule has 0 spiro atoms. The Morgan fingerprint density at radius 3 is 2.29 bits per heavy atom. The Morgan fingerprint density at radius 1 is 0.982 bits per heavy atom. The third-order valence-electron chi connectivity index (χ3n) is 9.82. The maximum atomic E-state index is 13.1. The summed E-state index contributed by atoms with van der Waals surface area (Å²) in [7, 11) is -4.88. The van der Waals surface area contributed by atoms with E-state index in [-0.39, 0.29) is 24.7 Å². The van der Waals surface area contributed by atoms with Gasteiger partial charge in [-0.2, -0.15) is 15.6 Å². The van der Waals surface area contributed by atoms with E-state index in [0.717, 1.165) is 19.3 Å². The molecule has 1 aliphatic heterocycles. The molecule has 1 unspecified atom stereocenters. The molecule has 0 aliphatic carbocycles. The summed E-state index contributed by atoms with van der Waals surface area (Å²) in [5.41, 5.74) is 5.29. The standard InChI is InChI=1S/C39H56ClN6O9P/c1-2-3-4-5-6-7-8-9-10-11-12-13-14-15-18-51-24-32(52-23-30-19-29(22-41)20-31(40)21-30)25-53-56(49,50)54-27-39(26-42)37(48)35(47)36(55-39)33-16-17-34-38(43)44-28-45-46(33)34/h16-17,19-21,28,32,35-37,47-48H,2-15,18,23-25,27H2,1H3,(H,49,50)(H2,43,44,45)/t32-,35-,36-,37-,39+/m0/s1. The van der Waals surface area contributed by atoms with Crippen LogP contribution in [0.2, 0.25) is 5.02 Å². The zero-order chi connectivity index (χ0) is 40.4. The number of aliphatic hydroxyl groups excluding tert-OH is 2. The van der Waals surface area contributed by atoms with Crippen molar-refractivity contribution in [3.63, 3.8) is 0 Å². The Balaban J connectivity index is 1.24. The molecular weight excluding hydrogens is 763 g/mol. The lowest BCUT2D eigenvalue weighted by molar-refractivity contribution is -0.0790. The van der Waals surface area contributed by atoms with E-state index < -0.39 is 51.1 Å². The number of nitriles is 2. The van der Waals surface area contributed by atoms with Gasteiger partial charge in [0, 0.05) is 11.6 Å². The number of unbranched alkanes of at least 4 members (excludes halogenated alkanes) is 13. The van der Waals surface area contributed by atoms with E-state index in [1.807, 2.05) is 6.07 Å². The van der Waals surface area contributed by atoms with E-state index in [0.29, 0.717) is 28.3 Å². The van der Waals surface area contributed by atoms with Gasteiger partial charge in [0.2, 0.25) is 5.60 Å². The number of nitrogens with zero attached hydrogens (tertiary/aromatic N) is 5. The number of phosphoric acid groups is 1. The molecule has 56 heavy (non-hydrogen) atoms. The molecule has 3 aromatic rings. The summed E-state index contributed by atoms with van der Waals surface area (Å²) >= 11 is 6.16. The summed E-state index contributed by atoms with van der Waals surface area (Å²) in [5, 5.41) is 45.6. The molecule has 3 heterocycles. The van der Waals surface area contributed by atoms with Crippen molar-refractivity contribution in [3.8, 4) is 12.1 Å². The molecule has 1 aliphatic rings. The number of phosphoric ester groups is 1. The molecule has 308 valence electrons. The van der Waals surface area contributed by atoms with Crippen LogP contribution >= 0.6 is 19.4 Å². The topological polar surface area (TPSA) is 228 Å². The van der Waals surface area contributed by atoms with Gasteiger partial charge in [-0.25, -0.2) is 14.1 Å². The third-order valence-corrected chi connectivity index (χ3v) is 11.0. The molecule has 1 saturated heterocycles. The lowest BCUT2D eigenvalue weighted by Gasteiger charge is -2.26. The van der Waals surface area contributed by atoms with Gasteiger partial charge in [0.1, 0.15) is 48.9 Å². The number of anilines is 1. The zero-order valence-corrected chi connectivity index (χ0v) is 33.8. The summed E-state index contributed by atoms with van der Waals surface area (Å²) in [6.07, 6.45) is 13.0. The first-order valence-electron chi connectivity index (χ1n) is 19.6. The van der Waals surface area contributed by atoms with Gasteiger partial charge in [0.25, 0.3) is 0 Å². The SMILES string of the molecule is CCCCCCCCCCCCCCCCOC[C@@H](COP(=O)(O)OC[C@@]1(C#N)O[C@@H](c2ccc3c(N)ncnn23)[C@H](O)[C@@H]1O)OCc1cc(Cl)cc(C#N)c1. The van der Waals surface area contributed by atoms with E-state index in [2.05, 4.69) is 17.0 Å². The van der Waals surface area contributed by atoms with Gasteiger partial charge in [-0.3, -0.25) is 9.05 Å². The van der Waals surface area contributed by atoms with Crippen molar-refractivity contribution in [1.82, 2.24) is 14.6 Å². The minimum Gasteiger partial charge on any atom is -0.387 e. The first-order valence-corrected chi connectivity index (χ1v) is 21.4. The Hall–Kier alpha value is -3.18. The van der Waals surface area contributed by atoms with Crippen LogP contribution in [-0.4, -0.2) is 80.0 Å². The Morgan fingerprint density at radius 2 is 1.64 bits per heavy atom. The van der Waals surface area contributed by atoms with Crippen LogP contribution < -0.4 is 5.73 Å². The van der Waals surface area contributed by atoms with Crippen LogP contribution in [0.15, 0.2) is 36.7 Å². The van der Waals surface area contributed by atoms with Crippen LogP contribution in [0.1, 0.15) is 120 Å². The predicted molar refractivity (Wildman–Crippen MR) is 209 cm³/mol. The number of nitrogen functional groups attached to an aromatic ring is 1. The lowest BCUT2D eigenvalue weighted by Crippen LogP contribution is -2.45. The van der Waals surface area contributed by atoms with Gasteiger partial charge in [-0.1, -0.05) is 102 Å². The first kappa shape index (κ1) is 45.5. The number of aliphatic hydroxyl groups is 2. The summed E-state index contributed by atoms with van der Waals surface area (Å²) in [6, 6.07) is 11.7. The number of hydrogen-bond donors (Lipinski definition) is 4. The van der Waals surface area contributed by atoms with Gasteiger partial charge in [-0.15, -0.1) is 0 Å². The summed E-state index contributed by atoms with van der Waals surface area (Å²) in [4.78, 5) is 14.5. The predicted octanol–water partition coefficient (Wildman–Crippen LogP) is 7.11. The van der Waals surface area contributed by atoms with Gasteiger partial charge in [0.05, 0.1) is 37.1 Å². The minimum atomic E-state index is -4.88. The molecule has 0 saturated carbocycles. The van der Waals surface area contributed by atoms with Crippen molar-refractivity contribution >= 4 is 30.8 Å².